The summed E-state index contributed by atoms with van der Waals surface area (Å²) in [7, 11) is 0. The molecule has 1 aliphatic heterocycles. The van der Waals surface area contributed by atoms with E-state index in [2.05, 4.69) is 18.1 Å². The number of alkyl halides is 3. The minimum atomic E-state index is -4.84. The third kappa shape index (κ3) is 5.21. The van der Waals surface area contributed by atoms with Crippen LogP contribution >= 0.6 is 0 Å². The molecule has 0 fully saturated rings. The molecule has 1 aromatic heterocycles. The third-order valence-electron chi connectivity index (χ3n) is 7.26. The summed E-state index contributed by atoms with van der Waals surface area (Å²) >= 11 is 0. The fourth-order valence-electron chi connectivity index (χ4n) is 5.17. The lowest BCUT2D eigenvalue weighted by Gasteiger charge is -2.21. The zero-order valence-corrected chi connectivity index (χ0v) is 23.1. The summed E-state index contributed by atoms with van der Waals surface area (Å²) in [4.78, 5) is 32.3. The van der Waals surface area contributed by atoms with Gasteiger partial charge in [-0.2, -0.15) is 13.2 Å². The molecule has 0 spiro atoms. The van der Waals surface area contributed by atoms with Gasteiger partial charge in [0.15, 0.2) is 11.5 Å². The van der Waals surface area contributed by atoms with E-state index in [1.807, 2.05) is 18.2 Å². The van der Waals surface area contributed by atoms with Gasteiger partial charge in [-0.3, -0.25) is 19.5 Å². The van der Waals surface area contributed by atoms with Crippen molar-refractivity contribution in [2.45, 2.75) is 25.4 Å². The maximum absolute atomic E-state index is 14.0. The summed E-state index contributed by atoms with van der Waals surface area (Å²) in [6.07, 6.45) is 9.55. The predicted molar refractivity (Wildman–Crippen MR) is 161 cm³/mol. The number of benzene rings is 2. The summed E-state index contributed by atoms with van der Waals surface area (Å²) in [5, 5.41) is 0. The fourth-order valence-corrected chi connectivity index (χ4v) is 5.17. The Hall–Kier alpha value is -5.04. The Kier molecular flexibility index (Phi) is 7.29. The van der Waals surface area contributed by atoms with Crippen LogP contribution in [-0.4, -0.2) is 16.7 Å². The van der Waals surface area contributed by atoms with Crippen molar-refractivity contribution in [2.24, 2.45) is 0 Å². The highest BCUT2D eigenvalue weighted by Gasteiger charge is 2.46. The van der Waals surface area contributed by atoms with Crippen molar-refractivity contribution in [3.8, 4) is 11.1 Å². The summed E-state index contributed by atoms with van der Waals surface area (Å²) in [6.45, 7) is 11.2. The number of rotatable bonds is 6. The van der Waals surface area contributed by atoms with Crippen molar-refractivity contribution in [3.05, 3.63) is 144 Å². The van der Waals surface area contributed by atoms with Gasteiger partial charge in [0, 0.05) is 17.5 Å². The molecule has 0 N–H and O–H groups in total. The molecule has 0 saturated carbocycles. The van der Waals surface area contributed by atoms with Crippen molar-refractivity contribution < 1.29 is 22.8 Å². The largest absolute Gasteiger partial charge is 0.434 e. The van der Waals surface area contributed by atoms with Gasteiger partial charge in [0.25, 0.3) is 0 Å². The molecular formula is C35H27F3N2O2. The quantitative estimate of drug-likeness (QED) is 0.223. The van der Waals surface area contributed by atoms with Gasteiger partial charge in [0.1, 0.15) is 0 Å². The van der Waals surface area contributed by atoms with Gasteiger partial charge >= 0.3 is 6.18 Å². The highest BCUT2D eigenvalue weighted by Crippen LogP contribution is 2.48. The Labute approximate surface area is 242 Å². The molecule has 0 unspecified atom stereocenters. The van der Waals surface area contributed by atoms with Crippen LogP contribution < -0.4 is 4.90 Å². The molecule has 42 heavy (non-hydrogen) atoms. The first-order valence-electron chi connectivity index (χ1n) is 13.2. The van der Waals surface area contributed by atoms with Crippen LogP contribution in [0.15, 0.2) is 116 Å². The molecule has 1 aliphatic carbocycles. The van der Waals surface area contributed by atoms with Gasteiger partial charge in [-0.15, -0.1) is 0 Å². The molecule has 2 aromatic carbocycles. The molecule has 0 atom stereocenters. The topological polar surface area (TPSA) is 50.3 Å². The molecule has 5 rings (SSSR count). The van der Waals surface area contributed by atoms with Crippen molar-refractivity contribution in [3.63, 3.8) is 0 Å². The maximum atomic E-state index is 14.0. The summed E-state index contributed by atoms with van der Waals surface area (Å²) in [5.74, 6) is -1.04. The van der Waals surface area contributed by atoms with Gasteiger partial charge in [0.2, 0.25) is 5.91 Å². The number of amides is 1. The van der Waals surface area contributed by atoms with Crippen LogP contribution in [0.25, 0.3) is 23.3 Å². The number of hydrogen-bond acceptors (Lipinski definition) is 3. The monoisotopic (exact) mass is 564 g/mol. The highest BCUT2D eigenvalue weighted by atomic mass is 19.4. The molecule has 1 amide bonds. The van der Waals surface area contributed by atoms with Crippen LogP contribution in [0, 0.1) is 0 Å². The Bertz CT molecular complexity index is 1750. The van der Waals surface area contributed by atoms with E-state index in [0.717, 1.165) is 17.8 Å². The maximum Gasteiger partial charge on any atom is 0.434 e. The normalized spacial score (nSPS) is 16.0. The molecule has 2 heterocycles. The molecule has 0 bridgehead atoms. The molecule has 4 nitrogen and oxygen atoms in total. The van der Waals surface area contributed by atoms with E-state index < -0.39 is 28.6 Å². The second kappa shape index (κ2) is 10.7. The van der Waals surface area contributed by atoms with Crippen molar-refractivity contribution in [1.82, 2.24) is 4.98 Å². The number of fused-ring (bicyclic) bond motifs is 1. The third-order valence-corrected chi connectivity index (χ3v) is 7.26. The number of aromatic nitrogens is 1. The van der Waals surface area contributed by atoms with E-state index in [0.29, 0.717) is 39.2 Å². The van der Waals surface area contributed by atoms with E-state index >= 15 is 0 Å². The van der Waals surface area contributed by atoms with Crippen molar-refractivity contribution in [1.29, 1.82) is 0 Å². The van der Waals surface area contributed by atoms with Crippen LogP contribution in [0.2, 0.25) is 0 Å². The summed E-state index contributed by atoms with van der Waals surface area (Å²) < 4.78 is 41.9. The second-order valence-electron chi connectivity index (χ2n) is 10.5. The Morgan fingerprint density at radius 3 is 2.40 bits per heavy atom. The van der Waals surface area contributed by atoms with Gasteiger partial charge in [0.05, 0.1) is 16.7 Å². The van der Waals surface area contributed by atoms with E-state index in [4.69, 9.17) is 0 Å². The smallest absolute Gasteiger partial charge is 0.289 e. The molecule has 0 saturated heterocycles. The van der Waals surface area contributed by atoms with Crippen molar-refractivity contribution >= 4 is 29.5 Å². The van der Waals surface area contributed by atoms with Crippen LogP contribution in [-0.2, 0) is 16.4 Å². The fraction of sp³-hybridized carbons (Fsp3) is 0.114. The van der Waals surface area contributed by atoms with Gasteiger partial charge in [-0.05, 0) is 72.0 Å². The molecule has 210 valence electrons. The zero-order valence-electron chi connectivity index (χ0n) is 23.1. The predicted octanol–water partition coefficient (Wildman–Crippen LogP) is 8.50. The minimum Gasteiger partial charge on any atom is -0.289 e. The Balaban J connectivity index is 1.61. The van der Waals surface area contributed by atoms with E-state index in [-0.39, 0.29) is 5.91 Å². The average molecular weight is 565 g/mol. The lowest BCUT2D eigenvalue weighted by molar-refractivity contribution is -0.141. The van der Waals surface area contributed by atoms with Gasteiger partial charge < -0.3 is 0 Å². The highest BCUT2D eigenvalue weighted by molar-refractivity contribution is 6.13. The summed E-state index contributed by atoms with van der Waals surface area (Å²) in [5.41, 5.74) is 2.02. The van der Waals surface area contributed by atoms with Crippen LogP contribution in [0.5, 0.6) is 0 Å². The van der Waals surface area contributed by atoms with Crippen molar-refractivity contribution in [2.75, 3.05) is 4.90 Å². The first-order chi connectivity index (χ1) is 19.9. The minimum absolute atomic E-state index is 0.197. The number of pyridine rings is 1. The second-order valence-corrected chi connectivity index (χ2v) is 10.5. The van der Waals surface area contributed by atoms with Crippen LogP contribution in [0.3, 0.4) is 0 Å². The zero-order chi connectivity index (χ0) is 30.2. The Morgan fingerprint density at radius 2 is 1.71 bits per heavy atom. The summed E-state index contributed by atoms with van der Waals surface area (Å²) in [6, 6.07) is 13.5. The number of halogens is 3. The van der Waals surface area contributed by atoms with Gasteiger partial charge in [-0.1, -0.05) is 79.9 Å². The van der Waals surface area contributed by atoms with Crippen LogP contribution in [0.1, 0.15) is 46.6 Å². The lowest BCUT2D eigenvalue weighted by atomic mass is 9.81. The first kappa shape index (κ1) is 28.5. The number of carbonyl (C=O) groups is 2. The average Bonchev–Trinajstić information content (AvgIpc) is 3.07. The number of carbonyl (C=O) groups excluding carboxylic acids is 2. The van der Waals surface area contributed by atoms with Gasteiger partial charge in [-0.25, -0.2) is 0 Å². The van der Waals surface area contributed by atoms with E-state index in [9.17, 15) is 22.8 Å². The number of ketones is 1. The number of hydrogen-bond donors (Lipinski definition) is 0. The molecular weight excluding hydrogens is 537 g/mol. The molecule has 7 heteroatoms. The molecule has 2 aliphatic rings. The number of anilines is 1. The number of nitrogens with zero attached hydrogens (tertiary/aromatic N) is 2. The SMILES string of the molecule is C=Cc1ccc(/C=C/C(=O)c2cc(-c3cccc4c3C(C)(C)C(=O)N4C3=CC(=C)C=CC=C3)cnc2C(F)(F)F)cc1. The first-order valence-corrected chi connectivity index (χ1v) is 13.2. The Morgan fingerprint density at radius 1 is 1.02 bits per heavy atom. The molecule has 3 aromatic rings. The van der Waals surface area contributed by atoms with E-state index in [1.165, 1.54) is 12.1 Å². The van der Waals surface area contributed by atoms with Crippen LogP contribution in [0.4, 0.5) is 18.9 Å². The standard InChI is InChI=1S/C35H27F3N2O2/c1-5-23-13-15-24(16-14-23)17-18-30(41)28-20-25(21-39-32(28)35(36,37)38)27-11-8-12-29-31(27)34(3,4)33(42)40(29)26-10-7-6-9-22(2)19-26/h5-21H,1-2H2,3-4H3/b18-17+. The molecule has 0 radical (unpaired) electrons. The van der Waals surface area contributed by atoms with E-state index in [1.54, 1.807) is 79.4 Å². The lowest BCUT2D eigenvalue weighted by Crippen LogP contribution is -2.35. The number of allylic oxidation sites excluding steroid dienone is 7.